The number of pyridine rings is 1. The Kier molecular flexibility index (Phi) is 4.42. The molecule has 100 valence electrons. The Morgan fingerprint density at radius 1 is 1.39 bits per heavy atom. The van der Waals surface area contributed by atoms with E-state index in [2.05, 4.69) is 9.88 Å². The first-order chi connectivity index (χ1) is 8.72. The number of anilines is 2. The van der Waals surface area contributed by atoms with E-state index in [-0.39, 0.29) is 6.61 Å². The second-order valence-electron chi connectivity index (χ2n) is 5.12. The third-order valence-electron chi connectivity index (χ3n) is 3.70. The molecule has 1 saturated carbocycles. The highest BCUT2D eigenvalue weighted by Gasteiger charge is 2.23. The first-order valence-corrected chi connectivity index (χ1v) is 6.82. The minimum atomic E-state index is 0.169. The highest BCUT2D eigenvalue weighted by atomic mass is 16.3. The lowest BCUT2D eigenvalue weighted by molar-refractivity contribution is 0.289. The topological polar surface area (TPSA) is 62.4 Å². The van der Waals surface area contributed by atoms with Crippen molar-refractivity contribution in [3.63, 3.8) is 0 Å². The Hall–Kier alpha value is -1.29. The molecule has 1 aliphatic rings. The van der Waals surface area contributed by atoms with Crippen LogP contribution in [0.5, 0.6) is 0 Å². The van der Waals surface area contributed by atoms with Crippen LogP contribution in [0.1, 0.15) is 37.7 Å². The zero-order valence-corrected chi connectivity index (χ0v) is 11.1. The van der Waals surface area contributed by atoms with Crippen molar-refractivity contribution in [1.29, 1.82) is 0 Å². The van der Waals surface area contributed by atoms with Gasteiger partial charge in [-0.15, -0.1) is 0 Å². The highest BCUT2D eigenvalue weighted by molar-refractivity contribution is 5.53. The standard InChI is InChI=1S/C14H23N3O/c1-11-9-12(15)10-16-14(11)17(7-8-18)13-5-3-2-4-6-13/h9-10,13,18H,2-8,15H2,1H3. The zero-order chi connectivity index (χ0) is 13.0. The monoisotopic (exact) mass is 249 g/mol. The molecule has 1 aromatic rings. The number of aromatic nitrogens is 1. The molecule has 4 heteroatoms. The molecule has 2 rings (SSSR count). The fraction of sp³-hybridized carbons (Fsp3) is 0.643. The van der Waals surface area contributed by atoms with Gasteiger partial charge >= 0.3 is 0 Å². The Morgan fingerprint density at radius 3 is 2.72 bits per heavy atom. The number of aryl methyl sites for hydroxylation is 1. The lowest BCUT2D eigenvalue weighted by atomic mass is 9.94. The van der Waals surface area contributed by atoms with Gasteiger partial charge in [0.25, 0.3) is 0 Å². The van der Waals surface area contributed by atoms with Gasteiger partial charge in [0.05, 0.1) is 18.5 Å². The van der Waals surface area contributed by atoms with Gasteiger partial charge in [0.15, 0.2) is 0 Å². The molecule has 0 spiro atoms. The SMILES string of the molecule is Cc1cc(N)cnc1N(CCO)C1CCCCC1. The summed E-state index contributed by atoms with van der Waals surface area (Å²) in [6, 6.07) is 2.47. The van der Waals surface area contributed by atoms with E-state index < -0.39 is 0 Å². The van der Waals surface area contributed by atoms with Crippen molar-refractivity contribution in [2.45, 2.75) is 45.1 Å². The Balaban J connectivity index is 2.22. The van der Waals surface area contributed by atoms with Crippen molar-refractivity contribution in [1.82, 2.24) is 4.98 Å². The predicted molar refractivity (Wildman–Crippen MR) is 74.7 cm³/mol. The van der Waals surface area contributed by atoms with Crippen LogP contribution in [0.2, 0.25) is 0 Å². The van der Waals surface area contributed by atoms with Crippen LogP contribution in [0.4, 0.5) is 11.5 Å². The summed E-state index contributed by atoms with van der Waals surface area (Å²) >= 11 is 0. The van der Waals surface area contributed by atoms with E-state index in [4.69, 9.17) is 5.73 Å². The quantitative estimate of drug-likeness (QED) is 0.858. The number of nitrogens with zero attached hydrogens (tertiary/aromatic N) is 2. The van der Waals surface area contributed by atoms with Gasteiger partial charge in [0.2, 0.25) is 0 Å². The molecule has 18 heavy (non-hydrogen) atoms. The van der Waals surface area contributed by atoms with Crippen molar-refractivity contribution in [2.24, 2.45) is 0 Å². The summed E-state index contributed by atoms with van der Waals surface area (Å²) in [6.45, 7) is 2.86. The first kappa shape index (κ1) is 13.1. The lowest BCUT2D eigenvalue weighted by Gasteiger charge is -2.35. The Morgan fingerprint density at radius 2 is 2.11 bits per heavy atom. The van der Waals surface area contributed by atoms with Crippen molar-refractivity contribution in [3.05, 3.63) is 17.8 Å². The van der Waals surface area contributed by atoms with E-state index >= 15 is 0 Å². The van der Waals surface area contributed by atoms with E-state index in [1.165, 1.54) is 32.1 Å². The van der Waals surface area contributed by atoms with Crippen LogP contribution in [0.3, 0.4) is 0 Å². The molecule has 4 nitrogen and oxygen atoms in total. The number of rotatable bonds is 4. The summed E-state index contributed by atoms with van der Waals surface area (Å²) in [4.78, 5) is 6.72. The van der Waals surface area contributed by atoms with Crippen LogP contribution in [0.15, 0.2) is 12.3 Å². The van der Waals surface area contributed by atoms with Crippen LogP contribution in [-0.4, -0.2) is 29.3 Å². The third kappa shape index (κ3) is 2.93. The molecule has 3 N–H and O–H groups in total. The minimum Gasteiger partial charge on any atom is -0.397 e. The zero-order valence-electron chi connectivity index (χ0n) is 11.1. The molecule has 0 atom stereocenters. The van der Waals surface area contributed by atoms with Crippen LogP contribution in [0, 0.1) is 6.92 Å². The van der Waals surface area contributed by atoms with E-state index in [0.717, 1.165) is 11.4 Å². The van der Waals surface area contributed by atoms with E-state index in [1.807, 2.05) is 13.0 Å². The van der Waals surface area contributed by atoms with Gasteiger partial charge in [-0.1, -0.05) is 19.3 Å². The number of nitrogens with two attached hydrogens (primary N) is 1. The molecule has 1 fully saturated rings. The Labute approximate surface area is 109 Å². The van der Waals surface area contributed by atoms with Gasteiger partial charge in [-0.05, 0) is 31.4 Å². The second kappa shape index (κ2) is 6.05. The summed E-state index contributed by atoms with van der Waals surface area (Å²) in [5.74, 6) is 0.977. The van der Waals surface area contributed by atoms with E-state index in [9.17, 15) is 5.11 Å². The van der Waals surface area contributed by atoms with Crippen molar-refractivity contribution < 1.29 is 5.11 Å². The molecule has 1 aromatic heterocycles. The van der Waals surface area contributed by atoms with Gasteiger partial charge in [-0.3, -0.25) is 0 Å². The summed E-state index contributed by atoms with van der Waals surface area (Å²) in [7, 11) is 0. The fourth-order valence-electron chi connectivity index (χ4n) is 2.85. The molecule has 0 saturated heterocycles. The maximum atomic E-state index is 9.28. The maximum absolute atomic E-state index is 9.28. The summed E-state index contributed by atoms with van der Waals surface area (Å²) < 4.78 is 0. The van der Waals surface area contributed by atoms with Crippen LogP contribution in [0.25, 0.3) is 0 Å². The number of aliphatic hydroxyl groups excluding tert-OH is 1. The molecule has 0 aromatic carbocycles. The average molecular weight is 249 g/mol. The summed E-state index contributed by atoms with van der Waals surface area (Å²) in [5.41, 5.74) is 7.54. The smallest absolute Gasteiger partial charge is 0.131 e. The minimum absolute atomic E-state index is 0.169. The fourth-order valence-corrected chi connectivity index (χ4v) is 2.85. The Bertz CT molecular complexity index is 389. The van der Waals surface area contributed by atoms with E-state index in [1.54, 1.807) is 6.20 Å². The normalized spacial score (nSPS) is 16.8. The first-order valence-electron chi connectivity index (χ1n) is 6.82. The molecule has 0 radical (unpaired) electrons. The van der Waals surface area contributed by atoms with Gasteiger partial charge in [-0.25, -0.2) is 4.98 Å². The third-order valence-corrected chi connectivity index (χ3v) is 3.70. The molecular formula is C14H23N3O. The van der Waals surface area contributed by atoms with E-state index in [0.29, 0.717) is 18.3 Å². The van der Waals surface area contributed by atoms with Gasteiger partial charge in [0, 0.05) is 12.6 Å². The summed E-state index contributed by atoms with van der Waals surface area (Å²) in [6.07, 6.45) is 7.99. The van der Waals surface area contributed by atoms with Crippen LogP contribution < -0.4 is 10.6 Å². The average Bonchev–Trinajstić information content (AvgIpc) is 2.38. The molecular weight excluding hydrogens is 226 g/mol. The largest absolute Gasteiger partial charge is 0.397 e. The van der Waals surface area contributed by atoms with Gasteiger partial charge in [0.1, 0.15) is 5.82 Å². The predicted octanol–water partition coefficient (Wildman–Crippen LogP) is 2.10. The number of nitrogen functional groups attached to an aromatic ring is 1. The second-order valence-corrected chi connectivity index (χ2v) is 5.12. The van der Waals surface area contributed by atoms with Gasteiger partial charge < -0.3 is 15.7 Å². The molecule has 0 bridgehead atoms. The molecule has 1 heterocycles. The number of hydrogen-bond donors (Lipinski definition) is 2. The van der Waals surface area contributed by atoms with Crippen LogP contribution in [-0.2, 0) is 0 Å². The van der Waals surface area contributed by atoms with Crippen molar-refractivity contribution in [3.8, 4) is 0 Å². The van der Waals surface area contributed by atoms with Crippen molar-refractivity contribution >= 4 is 11.5 Å². The molecule has 0 amide bonds. The lowest BCUT2D eigenvalue weighted by Crippen LogP contribution is -2.39. The van der Waals surface area contributed by atoms with Crippen molar-refractivity contribution in [2.75, 3.05) is 23.8 Å². The number of aliphatic hydroxyl groups is 1. The number of hydrogen-bond acceptors (Lipinski definition) is 4. The van der Waals surface area contributed by atoms with Crippen LogP contribution >= 0.6 is 0 Å². The van der Waals surface area contributed by atoms with Gasteiger partial charge in [-0.2, -0.15) is 0 Å². The molecule has 0 aliphatic heterocycles. The maximum Gasteiger partial charge on any atom is 0.131 e. The summed E-state index contributed by atoms with van der Waals surface area (Å²) in [5, 5.41) is 9.28. The highest BCUT2D eigenvalue weighted by Crippen LogP contribution is 2.28. The molecule has 0 unspecified atom stereocenters. The molecule has 1 aliphatic carbocycles.